The highest BCUT2D eigenvalue weighted by Gasteiger charge is 2.10. The van der Waals surface area contributed by atoms with Gasteiger partial charge in [-0.05, 0) is 43.9 Å². The molecule has 1 aromatic rings. The number of benzene rings is 1. The molecule has 1 N–H and O–H groups in total. The zero-order valence-corrected chi connectivity index (χ0v) is 11.7. The number of ether oxygens (including phenoxy) is 1. The van der Waals surface area contributed by atoms with Gasteiger partial charge in [-0.25, -0.2) is 0 Å². The summed E-state index contributed by atoms with van der Waals surface area (Å²) in [6.45, 7) is 8.98. The van der Waals surface area contributed by atoms with E-state index in [4.69, 9.17) is 4.74 Å². The summed E-state index contributed by atoms with van der Waals surface area (Å²) in [5.74, 6) is 1.65. The predicted octanol–water partition coefficient (Wildman–Crippen LogP) is 3.78. The third-order valence-electron chi connectivity index (χ3n) is 2.98. The van der Waals surface area contributed by atoms with Crippen molar-refractivity contribution in [1.82, 2.24) is 5.32 Å². The van der Waals surface area contributed by atoms with E-state index in [1.807, 2.05) is 12.1 Å². The fraction of sp³-hybridized carbons (Fsp3) is 0.600. The summed E-state index contributed by atoms with van der Waals surface area (Å²) in [4.78, 5) is 0. The van der Waals surface area contributed by atoms with Crippen LogP contribution in [-0.2, 0) is 0 Å². The fourth-order valence-corrected chi connectivity index (χ4v) is 2.19. The van der Waals surface area contributed by atoms with Crippen molar-refractivity contribution in [3.8, 4) is 5.75 Å². The van der Waals surface area contributed by atoms with E-state index in [2.05, 4.69) is 45.1 Å². The van der Waals surface area contributed by atoms with Gasteiger partial charge < -0.3 is 10.1 Å². The summed E-state index contributed by atoms with van der Waals surface area (Å²) < 4.78 is 5.16. The number of nitrogens with one attached hydrogen (secondary N) is 1. The Morgan fingerprint density at radius 2 is 1.65 bits per heavy atom. The summed E-state index contributed by atoms with van der Waals surface area (Å²) in [5, 5.41) is 3.62. The molecule has 2 heteroatoms. The quantitative estimate of drug-likeness (QED) is 0.810. The molecule has 1 rings (SSSR count). The van der Waals surface area contributed by atoms with Crippen molar-refractivity contribution in [3.63, 3.8) is 0 Å². The molecule has 2 unspecified atom stereocenters. The van der Waals surface area contributed by atoms with Gasteiger partial charge >= 0.3 is 0 Å². The van der Waals surface area contributed by atoms with Crippen molar-refractivity contribution in [2.45, 2.75) is 46.2 Å². The van der Waals surface area contributed by atoms with Gasteiger partial charge in [-0.3, -0.25) is 0 Å². The van der Waals surface area contributed by atoms with Crippen LogP contribution >= 0.6 is 0 Å². The standard InChI is InChI=1S/C15H25NO/c1-11(2)10-12(3)16-13(4)14-6-8-15(17-5)9-7-14/h6-9,11-13,16H,10H2,1-5H3. The van der Waals surface area contributed by atoms with Crippen LogP contribution in [0.3, 0.4) is 0 Å². The topological polar surface area (TPSA) is 21.3 Å². The molecule has 2 nitrogen and oxygen atoms in total. The van der Waals surface area contributed by atoms with Crippen molar-refractivity contribution < 1.29 is 4.74 Å². The SMILES string of the molecule is COc1ccc(C(C)NC(C)CC(C)C)cc1. The number of methoxy groups -OCH3 is 1. The fourth-order valence-electron chi connectivity index (χ4n) is 2.19. The second-order valence-corrected chi connectivity index (χ2v) is 5.19. The molecule has 0 aromatic heterocycles. The van der Waals surface area contributed by atoms with Gasteiger partial charge in [0.2, 0.25) is 0 Å². The van der Waals surface area contributed by atoms with Crippen molar-refractivity contribution in [3.05, 3.63) is 29.8 Å². The van der Waals surface area contributed by atoms with Crippen LogP contribution in [0.2, 0.25) is 0 Å². The van der Waals surface area contributed by atoms with E-state index >= 15 is 0 Å². The molecule has 0 saturated carbocycles. The second kappa shape index (κ2) is 6.65. The molecule has 1 aromatic carbocycles. The Morgan fingerprint density at radius 3 is 2.12 bits per heavy atom. The maximum atomic E-state index is 5.16. The average molecular weight is 235 g/mol. The summed E-state index contributed by atoms with van der Waals surface area (Å²) >= 11 is 0. The van der Waals surface area contributed by atoms with Gasteiger partial charge in [0, 0.05) is 12.1 Å². The van der Waals surface area contributed by atoms with Gasteiger partial charge in [-0.2, -0.15) is 0 Å². The average Bonchev–Trinajstić information content (AvgIpc) is 2.28. The van der Waals surface area contributed by atoms with Gasteiger partial charge in [0.1, 0.15) is 5.75 Å². The molecule has 0 aliphatic rings. The Bertz CT molecular complexity index is 318. The molecule has 0 aliphatic carbocycles. The molecule has 0 spiro atoms. The summed E-state index contributed by atoms with van der Waals surface area (Å²) in [5.41, 5.74) is 1.31. The molecule has 2 atom stereocenters. The molecule has 0 amide bonds. The first kappa shape index (κ1) is 14.0. The highest BCUT2D eigenvalue weighted by atomic mass is 16.5. The maximum absolute atomic E-state index is 5.16. The molecule has 96 valence electrons. The van der Waals surface area contributed by atoms with E-state index in [0.29, 0.717) is 12.1 Å². The second-order valence-electron chi connectivity index (χ2n) is 5.19. The molecular weight excluding hydrogens is 210 g/mol. The lowest BCUT2D eigenvalue weighted by atomic mass is 10.0. The minimum absolute atomic E-state index is 0.384. The van der Waals surface area contributed by atoms with Crippen molar-refractivity contribution in [2.24, 2.45) is 5.92 Å². The maximum Gasteiger partial charge on any atom is 0.118 e. The zero-order chi connectivity index (χ0) is 12.8. The van der Waals surface area contributed by atoms with Gasteiger partial charge in [-0.15, -0.1) is 0 Å². The summed E-state index contributed by atoms with van der Waals surface area (Å²) in [6.07, 6.45) is 1.21. The van der Waals surface area contributed by atoms with Crippen LogP contribution in [0.25, 0.3) is 0 Å². The Hall–Kier alpha value is -1.02. The van der Waals surface area contributed by atoms with E-state index in [1.165, 1.54) is 12.0 Å². The van der Waals surface area contributed by atoms with Gasteiger partial charge in [0.25, 0.3) is 0 Å². The predicted molar refractivity (Wildman–Crippen MR) is 73.5 cm³/mol. The number of rotatable bonds is 6. The van der Waals surface area contributed by atoms with Crippen LogP contribution in [0.5, 0.6) is 5.75 Å². The third kappa shape index (κ3) is 4.78. The van der Waals surface area contributed by atoms with Crippen molar-refractivity contribution in [2.75, 3.05) is 7.11 Å². The zero-order valence-electron chi connectivity index (χ0n) is 11.7. The molecule has 17 heavy (non-hydrogen) atoms. The van der Waals surface area contributed by atoms with E-state index < -0.39 is 0 Å². The molecule has 0 heterocycles. The van der Waals surface area contributed by atoms with Crippen molar-refractivity contribution in [1.29, 1.82) is 0 Å². The molecule has 0 saturated heterocycles. The van der Waals surface area contributed by atoms with E-state index in [1.54, 1.807) is 7.11 Å². The summed E-state index contributed by atoms with van der Waals surface area (Å²) in [6, 6.07) is 9.21. The van der Waals surface area contributed by atoms with Crippen LogP contribution in [0, 0.1) is 5.92 Å². The minimum atomic E-state index is 0.384. The summed E-state index contributed by atoms with van der Waals surface area (Å²) in [7, 11) is 1.70. The lowest BCUT2D eigenvalue weighted by Crippen LogP contribution is -2.30. The highest BCUT2D eigenvalue weighted by molar-refractivity contribution is 5.28. The molecule has 0 bridgehead atoms. The van der Waals surface area contributed by atoms with Gasteiger partial charge in [0.05, 0.1) is 7.11 Å². The van der Waals surface area contributed by atoms with E-state index in [9.17, 15) is 0 Å². The lowest BCUT2D eigenvalue weighted by molar-refractivity contribution is 0.404. The Morgan fingerprint density at radius 1 is 1.06 bits per heavy atom. The molecule has 0 radical (unpaired) electrons. The first-order valence-electron chi connectivity index (χ1n) is 6.43. The molecular formula is C15H25NO. The van der Waals surface area contributed by atoms with Crippen LogP contribution in [-0.4, -0.2) is 13.2 Å². The first-order chi connectivity index (χ1) is 8.02. The van der Waals surface area contributed by atoms with E-state index in [-0.39, 0.29) is 0 Å². The number of hydrogen-bond acceptors (Lipinski definition) is 2. The van der Waals surface area contributed by atoms with Crippen LogP contribution < -0.4 is 10.1 Å². The number of hydrogen-bond donors (Lipinski definition) is 1. The Kier molecular flexibility index (Phi) is 5.49. The first-order valence-corrected chi connectivity index (χ1v) is 6.43. The van der Waals surface area contributed by atoms with Gasteiger partial charge in [0.15, 0.2) is 0 Å². The Balaban J connectivity index is 2.53. The normalized spacial score (nSPS) is 14.7. The minimum Gasteiger partial charge on any atom is -0.497 e. The van der Waals surface area contributed by atoms with Crippen LogP contribution in [0.1, 0.15) is 45.7 Å². The largest absolute Gasteiger partial charge is 0.497 e. The van der Waals surface area contributed by atoms with E-state index in [0.717, 1.165) is 11.7 Å². The molecule has 0 aliphatic heterocycles. The smallest absolute Gasteiger partial charge is 0.118 e. The lowest BCUT2D eigenvalue weighted by Gasteiger charge is -2.22. The highest BCUT2D eigenvalue weighted by Crippen LogP contribution is 2.18. The van der Waals surface area contributed by atoms with Crippen molar-refractivity contribution >= 4 is 0 Å². The third-order valence-corrected chi connectivity index (χ3v) is 2.98. The van der Waals surface area contributed by atoms with Crippen LogP contribution in [0.15, 0.2) is 24.3 Å². The van der Waals surface area contributed by atoms with Gasteiger partial charge in [-0.1, -0.05) is 26.0 Å². The Labute approximate surface area is 105 Å². The van der Waals surface area contributed by atoms with Crippen LogP contribution in [0.4, 0.5) is 0 Å². The monoisotopic (exact) mass is 235 g/mol. The molecule has 0 fully saturated rings.